The van der Waals surface area contributed by atoms with E-state index >= 15 is 0 Å². The van der Waals surface area contributed by atoms with Gasteiger partial charge >= 0.3 is 0 Å². The number of halogens is 1. The number of carbonyl (C=O) groups excluding carboxylic acids is 1. The molecule has 0 N–H and O–H groups in total. The van der Waals surface area contributed by atoms with Crippen molar-refractivity contribution >= 4 is 5.78 Å². The molecule has 1 aromatic carbocycles. The van der Waals surface area contributed by atoms with Crippen LogP contribution in [0.25, 0.3) is 0 Å². The summed E-state index contributed by atoms with van der Waals surface area (Å²) in [5.74, 6) is -0.298. The summed E-state index contributed by atoms with van der Waals surface area (Å²) < 4.78 is 17.7. The van der Waals surface area contributed by atoms with E-state index in [0.717, 1.165) is 12.1 Å². The van der Waals surface area contributed by atoms with Gasteiger partial charge in [-0.15, -0.1) is 0 Å². The number of hydrogen-bond donors (Lipinski definition) is 0. The standard InChI is InChI=1S/C15H16FNO2/c1-17(10-12-7-9-19-11-12)8-6-15(18)13-2-4-14(16)5-3-13/h2-5,7,9,11H,6,8,10H2,1H3. The van der Waals surface area contributed by atoms with Crippen molar-refractivity contribution in [3.05, 3.63) is 59.8 Å². The summed E-state index contributed by atoms with van der Waals surface area (Å²) in [5.41, 5.74) is 1.63. The molecule has 19 heavy (non-hydrogen) atoms. The lowest BCUT2D eigenvalue weighted by molar-refractivity contribution is 0.0968. The van der Waals surface area contributed by atoms with Crippen LogP contribution in [0.3, 0.4) is 0 Å². The molecule has 0 amide bonds. The molecule has 0 aliphatic carbocycles. The van der Waals surface area contributed by atoms with E-state index in [9.17, 15) is 9.18 Å². The molecule has 1 aromatic heterocycles. The van der Waals surface area contributed by atoms with Gasteiger partial charge < -0.3 is 9.32 Å². The number of ketones is 1. The fourth-order valence-corrected chi connectivity index (χ4v) is 1.85. The lowest BCUT2D eigenvalue weighted by Crippen LogP contribution is -2.21. The van der Waals surface area contributed by atoms with Crippen molar-refractivity contribution in [2.75, 3.05) is 13.6 Å². The monoisotopic (exact) mass is 261 g/mol. The number of benzene rings is 1. The Labute approximate surface area is 111 Å². The Hall–Kier alpha value is -1.94. The van der Waals surface area contributed by atoms with E-state index in [1.807, 2.05) is 18.0 Å². The SMILES string of the molecule is CN(CCC(=O)c1ccc(F)cc1)Cc1ccoc1. The largest absolute Gasteiger partial charge is 0.472 e. The molecule has 0 aliphatic heterocycles. The van der Waals surface area contributed by atoms with Crippen LogP contribution in [-0.2, 0) is 6.54 Å². The van der Waals surface area contributed by atoms with Gasteiger partial charge in [-0.1, -0.05) is 0 Å². The van der Waals surface area contributed by atoms with Crippen molar-refractivity contribution in [3.8, 4) is 0 Å². The maximum atomic E-state index is 12.7. The molecule has 0 fully saturated rings. The van der Waals surface area contributed by atoms with Crippen LogP contribution >= 0.6 is 0 Å². The summed E-state index contributed by atoms with van der Waals surface area (Å²) in [6.45, 7) is 1.40. The van der Waals surface area contributed by atoms with E-state index in [1.54, 1.807) is 12.5 Å². The molecule has 0 aliphatic rings. The first-order valence-electron chi connectivity index (χ1n) is 6.13. The van der Waals surface area contributed by atoms with Crippen molar-refractivity contribution in [2.24, 2.45) is 0 Å². The third-order valence-electron chi connectivity index (χ3n) is 2.92. The van der Waals surface area contributed by atoms with Gasteiger partial charge in [0, 0.05) is 30.6 Å². The highest BCUT2D eigenvalue weighted by Gasteiger charge is 2.08. The van der Waals surface area contributed by atoms with Crippen LogP contribution in [0.2, 0.25) is 0 Å². The van der Waals surface area contributed by atoms with Gasteiger partial charge in [0.05, 0.1) is 12.5 Å². The molecule has 0 bridgehead atoms. The Morgan fingerprint density at radius 2 is 2.00 bits per heavy atom. The van der Waals surface area contributed by atoms with Crippen molar-refractivity contribution in [1.29, 1.82) is 0 Å². The lowest BCUT2D eigenvalue weighted by Gasteiger charge is -2.14. The van der Waals surface area contributed by atoms with Crippen LogP contribution in [0.5, 0.6) is 0 Å². The second kappa shape index (κ2) is 6.29. The number of rotatable bonds is 6. The Morgan fingerprint density at radius 3 is 2.63 bits per heavy atom. The normalized spacial score (nSPS) is 10.9. The minimum atomic E-state index is -0.325. The molecule has 0 radical (unpaired) electrons. The molecule has 0 unspecified atom stereocenters. The van der Waals surface area contributed by atoms with E-state index in [0.29, 0.717) is 18.5 Å². The molecule has 0 atom stereocenters. The first-order chi connectivity index (χ1) is 9.15. The summed E-state index contributed by atoms with van der Waals surface area (Å²) in [6, 6.07) is 7.56. The third kappa shape index (κ3) is 4.03. The van der Waals surface area contributed by atoms with Crippen LogP contribution in [0.4, 0.5) is 4.39 Å². The molecular formula is C15H16FNO2. The second-order valence-electron chi connectivity index (χ2n) is 4.55. The molecule has 100 valence electrons. The highest BCUT2D eigenvalue weighted by molar-refractivity contribution is 5.96. The topological polar surface area (TPSA) is 33.5 Å². The third-order valence-corrected chi connectivity index (χ3v) is 2.92. The molecule has 0 saturated heterocycles. The molecule has 3 nitrogen and oxygen atoms in total. The Morgan fingerprint density at radius 1 is 1.26 bits per heavy atom. The predicted molar refractivity (Wildman–Crippen MR) is 70.4 cm³/mol. The highest BCUT2D eigenvalue weighted by Crippen LogP contribution is 2.08. The number of furan rings is 1. The quantitative estimate of drug-likeness (QED) is 0.749. The van der Waals surface area contributed by atoms with E-state index < -0.39 is 0 Å². The van der Waals surface area contributed by atoms with Crippen molar-refractivity contribution in [2.45, 2.75) is 13.0 Å². The molecule has 2 rings (SSSR count). The van der Waals surface area contributed by atoms with Crippen LogP contribution < -0.4 is 0 Å². The van der Waals surface area contributed by atoms with Crippen molar-refractivity contribution < 1.29 is 13.6 Å². The maximum absolute atomic E-state index is 12.7. The van der Waals surface area contributed by atoms with Gasteiger partial charge in [0.15, 0.2) is 5.78 Å². The van der Waals surface area contributed by atoms with Gasteiger partial charge in [-0.05, 0) is 37.4 Å². The van der Waals surface area contributed by atoms with Crippen molar-refractivity contribution in [1.82, 2.24) is 4.90 Å². The average Bonchev–Trinajstić information content (AvgIpc) is 2.89. The molecule has 2 aromatic rings. The highest BCUT2D eigenvalue weighted by atomic mass is 19.1. The van der Waals surface area contributed by atoms with Gasteiger partial charge in [-0.2, -0.15) is 0 Å². The Bertz CT molecular complexity index is 520. The van der Waals surface area contributed by atoms with E-state index in [2.05, 4.69) is 0 Å². The predicted octanol–water partition coefficient (Wildman–Crippen LogP) is 3.12. The fraction of sp³-hybridized carbons (Fsp3) is 0.267. The Kier molecular flexibility index (Phi) is 4.47. The Balaban J connectivity index is 1.81. The number of Topliss-reactive ketones (excluding diaryl/α,β-unsaturated/α-hetero) is 1. The van der Waals surface area contributed by atoms with Gasteiger partial charge in [-0.3, -0.25) is 4.79 Å². The zero-order valence-electron chi connectivity index (χ0n) is 10.8. The molecule has 4 heteroatoms. The first-order valence-corrected chi connectivity index (χ1v) is 6.13. The van der Waals surface area contributed by atoms with Gasteiger partial charge in [0.25, 0.3) is 0 Å². The van der Waals surface area contributed by atoms with E-state index in [4.69, 9.17) is 4.42 Å². The van der Waals surface area contributed by atoms with Crippen LogP contribution in [0.1, 0.15) is 22.3 Å². The summed E-state index contributed by atoms with van der Waals surface area (Å²) in [6.07, 6.45) is 3.74. The fourth-order valence-electron chi connectivity index (χ4n) is 1.85. The van der Waals surface area contributed by atoms with Gasteiger partial charge in [-0.25, -0.2) is 4.39 Å². The van der Waals surface area contributed by atoms with Crippen LogP contribution in [0, 0.1) is 5.82 Å². The van der Waals surface area contributed by atoms with E-state index in [1.165, 1.54) is 24.3 Å². The first kappa shape index (κ1) is 13.5. The summed E-state index contributed by atoms with van der Waals surface area (Å²) in [7, 11) is 1.95. The molecule has 0 spiro atoms. The zero-order valence-corrected chi connectivity index (χ0v) is 10.8. The second-order valence-corrected chi connectivity index (χ2v) is 4.55. The summed E-state index contributed by atoms with van der Waals surface area (Å²) in [5, 5.41) is 0. The van der Waals surface area contributed by atoms with Gasteiger partial charge in [0.2, 0.25) is 0 Å². The lowest BCUT2D eigenvalue weighted by atomic mass is 10.1. The number of hydrogen-bond acceptors (Lipinski definition) is 3. The molecular weight excluding hydrogens is 245 g/mol. The minimum Gasteiger partial charge on any atom is -0.472 e. The minimum absolute atomic E-state index is 0.0269. The summed E-state index contributed by atoms with van der Waals surface area (Å²) in [4.78, 5) is 13.9. The van der Waals surface area contributed by atoms with Crippen LogP contribution in [0.15, 0.2) is 47.3 Å². The summed E-state index contributed by atoms with van der Waals surface area (Å²) >= 11 is 0. The average molecular weight is 261 g/mol. The molecule has 1 heterocycles. The zero-order chi connectivity index (χ0) is 13.7. The van der Waals surface area contributed by atoms with E-state index in [-0.39, 0.29) is 11.6 Å². The maximum Gasteiger partial charge on any atom is 0.164 e. The number of nitrogens with zero attached hydrogens (tertiary/aromatic N) is 1. The number of carbonyl (C=O) groups is 1. The smallest absolute Gasteiger partial charge is 0.164 e. The van der Waals surface area contributed by atoms with Gasteiger partial charge in [0.1, 0.15) is 5.82 Å². The molecule has 0 saturated carbocycles. The van der Waals surface area contributed by atoms with Crippen molar-refractivity contribution in [3.63, 3.8) is 0 Å². The van der Waals surface area contributed by atoms with Crippen LogP contribution in [-0.4, -0.2) is 24.3 Å².